The highest BCUT2D eigenvalue weighted by molar-refractivity contribution is 6.47. The van der Waals surface area contributed by atoms with Crippen LogP contribution in [-0.4, -0.2) is 47.6 Å². The van der Waals surface area contributed by atoms with Crippen LogP contribution in [0.1, 0.15) is 49.9 Å². The number of rotatable bonds is 9. The highest BCUT2D eigenvalue weighted by atomic mass is 35.5. The molecule has 2 aromatic rings. The third kappa shape index (κ3) is 5.57. The van der Waals surface area contributed by atoms with Crippen molar-refractivity contribution in [2.45, 2.75) is 46.3 Å². The molecule has 6 nitrogen and oxygen atoms in total. The summed E-state index contributed by atoms with van der Waals surface area (Å²) < 4.78 is 11.1. The third-order valence-corrected chi connectivity index (χ3v) is 5.73. The van der Waals surface area contributed by atoms with Crippen molar-refractivity contribution in [2.24, 2.45) is 0 Å². The zero-order valence-corrected chi connectivity index (χ0v) is 20.2. The minimum atomic E-state index is -0.735. The number of hydrogen-bond donors (Lipinski definition) is 1. The number of ether oxygens (including phenoxy) is 2. The second kappa shape index (κ2) is 10.9. The third-order valence-electron chi connectivity index (χ3n) is 5.40. The lowest BCUT2D eigenvalue weighted by atomic mass is 9.94. The van der Waals surface area contributed by atoms with Crippen LogP contribution < -0.4 is 4.74 Å². The lowest BCUT2D eigenvalue weighted by Gasteiger charge is -2.26. The minimum absolute atomic E-state index is 0.0194. The van der Waals surface area contributed by atoms with E-state index in [2.05, 4.69) is 0 Å². The Morgan fingerprint density at radius 1 is 1.18 bits per heavy atom. The Balaban J connectivity index is 2.09. The fourth-order valence-electron chi connectivity index (χ4n) is 3.94. The van der Waals surface area contributed by atoms with Gasteiger partial charge in [0.1, 0.15) is 11.5 Å². The number of carbonyl (C=O) groups excluding carboxylic acids is 2. The van der Waals surface area contributed by atoms with Crippen molar-refractivity contribution in [2.75, 3.05) is 19.8 Å². The van der Waals surface area contributed by atoms with Crippen LogP contribution in [0.25, 0.3) is 5.76 Å². The van der Waals surface area contributed by atoms with Gasteiger partial charge in [-0.2, -0.15) is 0 Å². The summed E-state index contributed by atoms with van der Waals surface area (Å²) in [6.45, 7) is 8.89. The summed E-state index contributed by atoms with van der Waals surface area (Å²) in [5.41, 5.74) is 2.00. The van der Waals surface area contributed by atoms with E-state index >= 15 is 0 Å². The molecule has 1 saturated heterocycles. The molecule has 3 rings (SSSR count). The quantitative estimate of drug-likeness (QED) is 0.233. The van der Waals surface area contributed by atoms with Crippen LogP contribution in [0.3, 0.4) is 0 Å². The van der Waals surface area contributed by atoms with Crippen molar-refractivity contribution in [1.82, 2.24) is 4.90 Å². The van der Waals surface area contributed by atoms with Crippen LogP contribution in [0, 0.1) is 6.92 Å². The van der Waals surface area contributed by atoms with E-state index < -0.39 is 17.7 Å². The molecule has 0 saturated carbocycles. The monoisotopic (exact) mass is 471 g/mol. The average molecular weight is 472 g/mol. The van der Waals surface area contributed by atoms with Gasteiger partial charge < -0.3 is 19.5 Å². The average Bonchev–Trinajstić information content (AvgIpc) is 3.02. The summed E-state index contributed by atoms with van der Waals surface area (Å²) in [6.07, 6.45) is 0.640. The van der Waals surface area contributed by atoms with E-state index in [-0.39, 0.29) is 28.0 Å². The standard InChI is InChI=1S/C26H30ClNO5/c1-5-32-19-10-11-21(27)20(15-19)24(29)22-23(18-9-6-8-17(4)14-18)28(26(31)25(22)30)12-7-13-33-16(2)3/h6,8-11,14-16,23,29H,5,7,12-13H2,1-4H3/b24-22+. The van der Waals surface area contributed by atoms with Gasteiger partial charge in [-0.15, -0.1) is 0 Å². The van der Waals surface area contributed by atoms with Gasteiger partial charge in [-0.05, 0) is 57.9 Å². The number of ketones is 1. The fourth-order valence-corrected chi connectivity index (χ4v) is 4.15. The molecular formula is C26H30ClNO5. The van der Waals surface area contributed by atoms with E-state index in [1.807, 2.05) is 52.0 Å². The smallest absolute Gasteiger partial charge is 0.295 e. The van der Waals surface area contributed by atoms with Gasteiger partial charge in [0.2, 0.25) is 0 Å². The molecule has 0 aliphatic carbocycles. The predicted molar refractivity (Wildman–Crippen MR) is 129 cm³/mol. The van der Waals surface area contributed by atoms with E-state index in [1.165, 1.54) is 4.90 Å². The molecule has 1 aliphatic rings. The van der Waals surface area contributed by atoms with Crippen LogP contribution in [0.4, 0.5) is 0 Å². The summed E-state index contributed by atoms with van der Waals surface area (Å²) in [6, 6.07) is 11.7. The minimum Gasteiger partial charge on any atom is -0.507 e. The topological polar surface area (TPSA) is 76.1 Å². The maximum absolute atomic E-state index is 13.1. The van der Waals surface area contributed by atoms with Gasteiger partial charge in [-0.25, -0.2) is 0 Å². The van der Waals surface area contributed by atoms with Crippen LogP contribution in [0.15, 0.2) is 48.0 Å². The van der Waals surface area contributed by atoms with Crippen LogP contribution in [0.5, 0.6) is 5.75 Å². The molecule has 0 bridgehead atoms. The first-order valence-corrected chi connectivity index (χ1v) is 11.5. The molecule has 1 amide bonds. The SMILES string of the molecule is CCOc1ccc(Cl)c(/C(O)=C2\C(=O)C(=O)N(CCCOC(C)C)C2c2cccc(C)c2)c1. The summed E-state index contributed by atoms with van der Waals surface area (Å²) in [7, 11) is 0. The van der Waals surface area contributed by atoms with E-state index in [4.69, 9.17) is 21.1 Å². The zero-order chi connectivity index (χ0) is 24.1. The Kier molecular flexibility index (Phi) is 8.16. The number of hydrogen-bond acceptors (Lipinski definition) is 5. The molecule has 0 radical (unpaired) electrons. The molecule has 1 atom stereocenters. The Labute approximate surface area is 199 Å². The van der Waals surface area contributed by atoms with Gasteiger partial charge in [0.25, 0.3) is 11.7 Å². The van der Waals surface area contributed by atoms with E-state index in [1.54, 1.807) is 18.2 Å². The number of aliphatic hydroxyl groups is 1. The van der Waals surface area contributed by atoms with Crippen LogP contribution in [-0.2, 0) is 14.3 Å². The second-order valence-corrected chi connectivity index (χ2v) is 8.66. The summed E-state index contributed by atoms with van der Waals surface area (Å²) in [4.78, 5) is 27.7. The van der Waals surface area contributed by atoms with Crippen molar-refractivity contribution in [3.63, 3.8) is 0 Å². The van der Waals surface area contributed by atoms with Gasteiger partial charge in [-0.1, -0.05) is 41.4 Å². The van der Waals surface area contributed by atoms with Crippen molar-refractivity contribution in [1.29, 1.82) is 0 Å². The maximum Gasteiger partial charge on any atom is 0.295 e. The first-order chi connectivity index (χ1) is 15.7. The largest absolute Gasteiger partial charge is 0.507 e. The number of likely N-dealkylation sites (tertiary alicyclic amines) is 1. The van der Waals surface area contributed by atoms with Gasteiger partial charge in [-0.3, -0.25) is 9.59 Å². The molecular weight excluding hydrogens is 442 g/mol. The summed E-state index contributed by atoms with van der Waals surface area (Å²) >= 11 is 6.37. The summed E-state index contributed by atoms with van der Waals surface area (Å²) in [5.74, 6) is -1.19. The van der Waals surface area contributed by atoms with Gasteiger partial charge in [0, 0.05) is 18.7 Å². The van der Waals surface area contributed by atoms with Crippen LogP contribution >= 0.6 is 11.6 Å². The lowest BCUT2D eigenvalue weighted by molar-refractivity contribution is -0.140. The van der Waals surface area contributed by atoms with Gasteiger partial charge >= 0.3 is 0 Å². The Hall–Kier alpha value is -2.83. The number of aryl methyl sites for hydroxylation is 1. The number of aliphatic hydroxyl groups excluding tert-OH is 1. The molecule has 2 aromatic carbocycles. The number of Topliss-reactive ketones (excluding diaryl/α,β-unsaturated/α-hetero) is 1. The molecule has 33 heavy (non-hydrogen) atoms. The number of halogens is 1. The summed E-state index contributed by atoms with van der Waals surface area (Å²) in [5, 5.41) is 11.5. The molecule has 1 unspecified atom stereocenters. The zero-order valence-electron chi connectivity index (χ0n) is 19.4. The molecule has 1 fully saturated rings. The lowest BCUT2D eigenvalue weighted by Crippen LogP contribution is -2.31. The number of amides is 1. The predicted octanol–water partition coefficient (Wildman–Crippen LogP) is 5.28. The Bertz CT molecular complexity index is 1060. The first kappa shape index (κ1) is 24.8. The molecule has 1 N–H and O–H groups in total. The van der Waals surface area contributed by atoms with Gasteiger partial charge in [0.15, 0.2) is 0 Å². The number of benzene rings is 2. The number of nitrogens with zero attached hydrogens (tertiary/aromatic N) is 1. The van der Waals surface area contributed by atoms with Crippen molar-refractivity contribution >= 4 is 29.1 Å². The maximum atomic E-state index is 13.1. The molecule has 1 heterocycles. The van der Waals surface area contributed by atoms with E-state index in [0.717, 1.165) is 11.1 Å². The van der Waals surface area contributed by atoms with E-state index in [9.17, 15) is 14.7 Å². The van der Waals surface area contributed by atoms with Crippen molar-refractivity contribution < 1.29 is 24.2 Å². The molecule has 0 spiro atoms. The molecule has 176 valence electrons. The molecule has 1 aliphatic heterocycles. The second-order valence-electron chi connectivity index (χ2n) is 8.25. The van der Waals surface area contributed by atoms with Crippen molar-refractivity contribution in [3.8, 4) is 5.75 Å². The Morgan fingerprint density at radius 3 is 2.61 bits per heavy atom. The first-order valence-electron chi connectivity index (χ1n) is 11.1. The Morgan fingerprint density at radius 2 is 1.94 bits per heavy atom. The number of carbonyl (C=O) groups is 2. The van der Waals surface area contributed by atoms with Crippen LogP contribution in [0.2, 0.25) is 5.02 Å². The van der Waals surface area contributed by atoms with Crippen molar-refractivity contribution in [3.05, 3.63) is 69.8 Å². The van der Waals surface area contributed by atoms with Gasteiger partial charge in [0.05, 0.1) is 29.3 Å². The van der Waals surface area contributed by atoms with E-state index in [0.29, 0.717) is 31.9 Å². The fraction of sp³-hybridized carbons (Fsp3) is 0.385. The molecule has 7 heteroatoms. The normalized spacial score (nSPS) is 17.8. The highest BCUT2D eigenvalue weighted by Gasteiger charge is 2.46. The molecule has 0 aromatic heterocycles. The highest BCUT2D eigenvalue weighted by Crippen LogP contribution is 2.41.